The van der Waals surface area contributed by atoms with Crippen molar-refractivity contribution in [2.24, 2.45) is 5.73 Å². The zero-order valence-electron chi connectivity index (χ0n) is 12.1. The second kappa shape index (κ2) is 7.44. The predicted molar refractivity (Wildman–Crippen MR) is 76.9 cm³/mol. The Morgan fingerprint density at radius 1 is 1.25 bits per heavy atom. The topological polar surface area (TPSA) is 69.0 Å². The molecule has 112 valence electrons. The van der Waals surface area contributed by atoms with Crippen molar-refractivity contribution in [3.8, 4) is 11.5 Å². The van der Waals surface area contributed by atoms with Crippen LogP contribution in [0.25, 0.3) is 0 Å². The number of nitrogens with two attached hydrogens (primary N) is 1. The molecule has 1 aromatic carbocycles. The minimum atomic E-state index is 0.0490. The first-order valence-corrected chi connectivity index (χ1v) is 6.79. The number of nitrogens with zero attached hydrogens (tertiary/aromatic N) is 1. The third-order valence-corrected chi connectivity index (χ3v) is 3.40. The summed E-state index contributed by atoms with van der Waals surface area (Å²) in [6, 6.07) is 5.92. The quantitative estimate of drug-likeness (QED) is 0.793. The number of hydrogen-bond donors (Lipinski definition) is 2. The molecule has 0 spiro atoms. The monoisotopic (exact) mass is 281 g/mol. The Kier molecular flexibility index (Phi) is 5.60. The second-order valence-corrected chi connectivity index (χ2v) is 4.63. The summed E-state index contributed by atoms with van der Waals surface area (Å²) in [6.07, 6.45) is 0. The summed E-state index contributed by atoms with van der Waals surface area (Å²) in [7, 11) is 3.26. The summed E-state index contributed by atoms with van der Waals surface area (Å²) in [4.78, 5) is 0. The molecular formula is C14H23N3O3. The molecule has 0 bridgehead atoms. The molecule has 1 aliphatic rings. The molecule has 0 radical (unpaired) electrons. The largest absolute Gasteiger partial charge is 0.493 e. The van der Waals surface area contributed by atoms with Gasteiger partial charge in [0, 0.05) is 19.6 Å². The van der Waals surface area contributed by atoms with E-state index in [0.29, 0.717) is 12.3 Å². The van der Waals surface area contributed by atoms with Crippen LogP contribution in [0, 0.1) is 0 Å². The van der Waals surface area contributed by atoms with E-state index in [2.05, 4.69) is 10.4 Å². The molecule has 1 aromatic rings. The van der Waals surface area contributed by atoms with Crippen LogP contribution < -0.4 is 20.6 Å². The standard InChI is InChI=1S/C14H23N3O3/c1-18-13-4-3-11(9-14(13)19-2)12(10-15)16-17-5-7-20-8-6-17/h3-4,9,12,16H,5-8,10,15H2,1-2H3. The van der Waals surface area contributed by atoms with Crippen LogP contribution in [0.4, 0.5) is 0 Å². The fourth-order valence-electron chi connectivity index (χ4n) is 2.25. The smallest absolute Gasteiger partial charge is 0.161 e. The van der Waals surface area contributed by atoms with E-state index in [1.54, 1.807) is 14.2 Å². The van der Waals surface area contributed by atoms with E-state index >= 15 is 0 Å². The molecule has 1 unspecified atom stereocenters. The second-order valence-electron chi connectivity index (χ2n) is 4.63. The van der Waals surface area contributed by atoms with Crippen molar-refractivity contribution < 1.29 is 14.2 Å². The van der Waals surface area contributed by atoms with Gasteiger partial charge in [0.15, 0.2) is 11.5 Å². The van der Waals surface area contributed by atoms with Crippen LogP contribution in [-0.2, 0) is 4.74 Å². The van der Waals surface area contributed by atoms with E-state index in [4.69, 9.17) is 19.9 Å². The van der Waals surface area contributed by atoms with Gasteiger partial charge >= 0.3 is 0 Å². The number of morpholine rings is 1. The molecule has 1 heterocycles. The molecule has 1 fully saturated rings. The summed E-state index contributed by atoms with van der Waals surface area (Å²) in [5.74, 6) is 1.44. The minimum Gasteiger partial charge on any atom is -0.493 e. The molecule has 1 saturated heterocycles. The van der Waals surface area contributed by atoms with Crippen LogP contribution in [0.5, 0.6) is 11.5 Å². The van der Waals surface area contributed by atoms with Crippen molar-refractivity contribution in [2.75, 3.05) is 47.1 Å². The van der Waals surface area contributed by atoms with Crippen molar-refractivity contribution in [2.45, 2.75) is 6.04 Å². The normalized spacial score (nSPS) is 17.8. The van der Waals surface area contributed by atoms with E-state index in [0.717, 1.165) is 37.6 Å². The number of ether oxygens (including phenoxy) is 3. The average molecular weight is 281 g/mol. The molecule has 6 heteroatoms. The van der Waals surface area contributed by atoms with E-state index < -0.39 is 0 Å². The minimum absolute atomic E-state index is 0.0490. The molecule has 0 amide bonds. The molecule has 0 aromatic heterocycles. The Balaban J connectivity index is 2.09. The van der Waals surface area contributed by atoms with Gasteiger partial charge in [-0.1, -0.05) is 6.07 Å². The highest BCUT2D eigenvalue weighted by Crippen LogP contribution is 2.29. The van der Waals surface area contributed by atoms with Gasteiger partial charge in [0.1, 0.15) is 0 Å². The van der Waals surface area contributed by atoms with E-state index in [-0.39, 0.29) is 6.04 Å². The lowest BCUT2D eigenvalue weighted by atomic mass is 10.1. The van der Waals surface area contributed by atoms with Crippen molar-refractivity contribution in [1.82, 2.24) is 10.4 Å². The first-order chi connectivity index (χ1) is 9.78. The van der Waals surface area contributed by atoms with Gasteiger partial charge in [-0.15, -0.1) is 0 Å². The van der Waals surface area contributed by atoms with Crippen molar-refractivity contribution in [3.63, 3.8) is 0 Å². The SMILES string of the molecule is COc1ccc(C(CN)NN2CCOCC2)cc1OC. The van der Waals surface area contributed by atoms with E-state index in [1.807, 2.05) is 18.2 Å². The predicted octanol–water partition coefficient (Wildman–Crippen LogP) is 0.540. The fraction of sp³-hybridized carbons (Fsp3) is 0.571. The first-order valence-electron chi connectivity index (χ1n) is 6.79. The zero-order valence-corrected chi connectivity index (χ0v) is 12.1. The highest BCUT2D eigenvalue weighted by atomic mass is 16.5. The van der Waals surface area contributed by atoms with Crippen molar-refractivity contribution in [3.05, 3.63) is 23.8 Å². The van der Waals surface area contributed by atoms with Crippen molar-refractivity contribution >= 4 is 0 Å². The highest BCUT2D eigenvalue weighted by Gasteiger charge is 2.17. The van der Waals surface area contributed by atoms with Crippen LogP contribution in [0.2, 0.25) is 0 Å². The summed E-state index contributed by atoms with van der Waals surface area (Å²) < 4.78 is 15.9. The van der Waals surface area contributed by atoms with Gasteiger partial charge in [0.25, 0.3) is 0 Å². The Labute approximate surface area is 119 Å². The summed E-state index contributed by atoms with van der Waals surface area (Å²) in [6.45, 7) is 3.73. The molecule has 2 rings (SSSR count). The third kappa shape index (κ3) is 3.61. The van der Waals surface area contributed by atoms with Crippen LogP contribution in [0.3, 0.4) is 0 Å². The Morgan fingerprint density at radius 2 is 1.95 bits per heavy atom. The molecule has 3 N–H and O–H groups in total. The maximum Gasteiger partial charge on any atom is 0.161 e. The zero-order chi connectivity index (χ0) is 14.4. The molecule has 20 heavy (non-hydrogen) atoms. The Bertz CT molecular complexity index is 422. The molecular weight excluding hydrogens is 258 g/mol. The van der Waals surface area contributed by atoms with Gasteiger partial charge in [-0.25, -0.2) is 10.4 Å². The number of methoxy groups -OCH3 is 2. The summed E-state index contributed by atoms with van der Waals surface area (Å²) >= 11 is 0. The molecule has 0 saturated carbocycles. The van der Waals surface area contributed by atoms with E-state index in [1.165, 1.54) is 0 Å². The van der Waals surface area contributed by atoms with Crippen LogP contribution in [-0.4, -0.2) is 52.1 Å². The number of benzene rings is 1. The van der Waals surface area contributed by atoms with Gasteiger partial charge in [-0.3, -0.25) is 0 Å². The average Bonchev–Trinajstić information content (AvgIpc) is 2.53. The van der Waals surface area contributed by atoms with Crippen LogP contribution >= 0.6 is 0 Å². The van der Waals surface area contributed by atoms with Crippen LogP contribution in [0.15, 0.2) is 18.2 Å². The van der Waals surface area contributed by atoms with Gasteiger partial charge in [-0.05, 0) is 17.7 Å². The molecule has 0 aliphatic carbocycles. The molecule has 6 nitrogen and oxygen atoms in total. The summed E-state index contributed by atoms with van der Waals surface area (Å²) in [5, 5.41) is 2.15. The number of hydrogen-bond acceptors (Lipinski definition) is 6. The summed E-state index contributed by atoms with van der Waals surface area (Å²) in [5.41, 5.74) is 10.4. The third-order valence-electron chi connectivity index (χ3n) is 3.40. The lowest BCUT2D eigenvalue weighted by Gasteiger charge is -2.31. The molecule has 1 atom stereocenters. The highest BCUT2D eigenvalue weighted by molar-refractivity contribution is 5.43. The van der Waals surface area contributed by atoms with Gasteiger partial charge in [0.05, 0.1) is 33.5 Å². The van der Waals surface area contributed by atoms with E-state index in [9.17, 15) is 0 Å². The van der Waals surface area contributed by atoms with Gasteiger partial charge in [0.2, 0.25) is 0 Å². The van der Waals surface area contributed by atoms with Gasteiger partial charge < -0.3 is 19.9 Å². The lowest BCUT2D eigenvalue weighted by molar-refractivity contribution is 0.00403. The Hall–Kier alpha value is -1.34. The maximum absolute atomic E-state index is 5.89. The fourth-order valence-corrected chi connectivity index (χ4v) is 2.25. The number of hydrazine groups is 1. The molecule has 1 aliphatic heterocycles. The van der Waals surface area contributed by atoms with Crippen molar-refractivity contribution in [1.29, 1.82) is 0 Å². The maximum atomic E-state index is 5.89. The first kappa shape index (κ1) is 15.1. The number of rotatable bonds is 6. The van der Waals surface area contributed by atoms with Gasteiger partial charge in [-0.2, -0.15) is 0 Å². The lowest BCUT2D eigenvalue weighted by Crippen LogP contribution is -2.48. The Morgan fingerprint density at radius 3 is 2.55 bits per heavy atom. The number of nitrogens with one attached hydrogen (secondary N) is 1. The van der Waals surface area contributed by atoms with Crippen LogP contribution in [0.1, 0.15) is 11.6 Å².